The van der Waals surface area contributed by atoms with Gasteiger partial charge < -0.3 is 14.7 Å². The van der Waals surface area contributed by atoms with Gasteiger partial charge in [-0.3, -0.25) is 0 Å². The van der Waals surface area contributed by atoms with Crippen LogP contribution in [0, 0.1) is 5.92 Å². The van der Waals surface area contributed by atoms with E-state index in [1.807, 2.05) is 13.0 Å². The third kappa shape index (κ3) is 4.70. The van der Waals surface area contributed by atoms with Gasteiger partial charge in [0, 0.05) is 19.0 Å². The predicted octanol–water partition coefficient (Wildman–Crippen LogP) is 3.48. The number of likely N-dealkylation sites (tertiary alicyclic amines) is 1. The molecule has 2 rings (SSSR count). The van der Waals surface area contributed by atoms with E-state index < -0.39 is 0 Å². The van der Waals surface area contributed by atoms with E-state index in [0.717, 1.165) is 42.7 Å². The molecule has 1 aromatic carbocycles. The molecule has 0 aromatic heterocycles. The van der Waals surface area contributed by atoms with E-state index in [9.17, 15) is 5.11 Å². The lowest BCUT2D eigenvalue weighted by molar-refractivity contribution is 0.0270. The number of hydrogen-bond donors (Lipinski definition) is 1. The van der Waals surface area contributed by atoms with Crippen LogP contribution < -0.4 is 4.74 Å². The molecule has 0 spiro atoms. The number of halogens is 1. The van der Waals surface area contributed by atoms with Crippen molar-refractivity contribution in [2.24, 2.45) is 5.92 Å². The van der Waals surface area contributed by atoms with Crippen LogP contribution >= 0.6 is 15.9 Å². The second kappa shape index (κ2) is 8.16. The molecule has 0 aliphatic carbocycles. The molecule has 0 radical (unpaired) electrons. The smallest absolute Gasteiger partial charge is 0.133 e. The number of ether oxygens (including phenoxy) is 1. The van der Waals surface area contributed by atoms with Gasteiger partial charge in [0.15, 0.2) is 0 Å². The first-order valence-electron chi connectivity index (χ1n) is 7.95. The molecule has 2 unspecified atom stereocenters. The number of nitrogens with zero attached hydrogens (tertiary/aromatic N) is 1. The average molecular weight is 356 g/mol. The molecule has 1 heterocycles. The second-order valence-electron chi connectivity index (χ2n) is 5.82. The fraction of sp³-hybridized carbons (Fsp3) is 0.647. The number of aliphatic hydroxyl groups is 1. The van der Waals surface area contributed by atoms with Crippen LogP contribution in [0.1, 0.15) is 32.3 Å². The fourth-order valence-corrected chi connectivity index (χ4v) is 3.60. The SMILES string of the molecule is CCCN1CCC(O)C(Cc2ccc(OCC)c(Br)c2)C1. The number of aliphatic hydroxyl groups excluding tert-OH is 1. The molecule has 1 aromatic rings. The molecular formula is C17H26BrNO2. The molecule has 1 aliphatic rings. The largest absolute Gasteiger partial charge is 0.493 e. The van der Waals surface area contributed by atoms with E-state index >= 15 is 0 Å². The van der Waals surface area contributed by atoms with E-state index in [1.165, 1.54) is 12.0 Å². The number of benzene rings is 1. The fourth-order valence-electron chi connectivity index (χ4n) is 3.06. The minimum atomic E-state index is -0.177. The third-order valence-electron chi connectivity index (χ3n) is 4.11. The molecule has 21 heavy (non-hydrogen) atoms. The van der Waals surface area contributed by atoms with Crippen molar-refractivity contribution < 1.29 is 9.84 Å². The van der Waals surface area contributed by atoms with Crippen molar-refractivity contribution in [1.82, 2.24) is 4.90 Å². The molecule has 1 N–H and O–H groups in total. The van der Waals surface area contributed by atoms with E-state index in [4.69, 9.17) is 4.74 Å². The lowest BCUT2D eigenvalue weighted by Gasteiger charge is -2.36. The van der Waals surface area contributed by atoms with Gasteiger partial charge in [0.05, 0.1) is 17.2 Å². The van der Waals surface area contributed by atoms with Gasteiger partial charge in [-0.1, -0.05) is 13.0 Å². The molecule has 1 fully saturated rings. The zero-order valence-corrected chi connectivity index (χ0v) is 14.6. The summed E-state index contributed by atoms with van der Waals surface area (Å²) in [6.07, 6.45) is 2.82. The normalized spacial score (nSPS) is 23.2. The summed E-state index contributed by atoms with van der Waals surface area (Å²) in [5.74, 6) is 1.22. The van der Waals surface area contributed by atoms with Gasteiger partial charge in [-0.2, -0.15) is 0 Å². The first-order valence-corrected chi connectivity index (χ1v) is 8.75. The van der Waals surface area contributed by atoms with Crippen LogP contribution in [0.15, 0.2) is 22.7 Å². The molecule has 1 saturated heterocycles. The standard InChI is InChI=1S/C17H26BrNO2/c1-3-8-19-9-7-16(20)14(12-19)10-13-5-6-17(21-4-2)15(18)11-13/h5-6,11,14,16,20H,3-4,7-10,12H2,1-2H3. The van der Waals surface area contributed by atoms with Crippen LogP contribution in [-0.4, -0.2) is 42.4 Å². The van der Waals surface area contributed by atoms with Crippen molar-refractivity contribution in [3.63, 3.8) is 0 Å². The molecule has 0 amide bonds. The lowest BCUT2D eigenvalue weighted by atomic mass is 9.88. The summed E-state index contributed by atoms with van der Waals surface area (Å²) in [5, 5.41) is 10.3. The molecular weight excluding hydrogens is 330 g/mol. The Hall–Kier alpha value is -0.580. The number of piperidine rings is 1. The summed E-state index contributed by atoms with van der Waals surface area (Å²) in [4.78, 5) is 2.47. The maximum absolute atomic E-state index is 10.3. The Kier molecular flexibility index (Phi) is 6.52. The van der Waals surface area contributed by atoms with Crippen molar-refractivity contribution in [3.8, 4) is 5.75 Å². The zero-order valence-electron chi connectivity index (χ0n) is 13.0. The number of hydrogen-bond acceptors (Lipinski definition) is 3. The van der Waals surface area contributed by atoms with Crippen LogP contribution in [0.5, 0.6) is 5.75 Å². The van der Waals surface area contributed by atoms with Crippen LogP contribution in [0.4, 0.5) is 0 Å². The molecule has 1 aliphatic heterocycles. The highest BCUT2D eigenvalue weighted by Gasteiger charge is 2.27. The zero-order chi connectivity index (χ0) is 15.2. The van der Waals surface area contributed by atoms with Crippen molar-refractivity contribution in [2.75, 3.05) is 26.2 Å². The maximum Gasteiger partial charge on any atom is 0.133 e. The van der Waals surface area contributed by atoms with Gasteiger partial charge in [-0.05, 0) is 66.4 Å². The number of rotatable bonds is 6. The van der Waals surface area contributed by atoms with Crippen LogP contribution in [0.2, 0.25) is 0 Å². The highest BCUT2D eigenvalue weighted by atomic mass is 79.9. The Morgan fingerprint density at radius 2 is 2.19 bits per heavy atom. The van der Waals surface area contributed by atoms with E-state index in [1.54, 1.807) is 0 Å². The molecule has 4 heteroatoms. The van der Waals surface area contributed by atoms with Crippen molar-refractivity contribution >= 4 is 15.9 Å². The van der Waals surface area contributed by atoms with Crippen molar-refractivity contribution in [1.29, 1.82) is 0 Å². The Bertz CT molecular complexity index is 452. The second-order valence-corrected chi connectivity index (χ2v) is 6.67. The van der Waals surface area contributed by atoms with Gasteiger partial charge in [0.25, 0.3) is 0 Å². The summed E-state index contributed by atoms with van der Waals surface area (Å²) in [5.41, 5.74) is 1.26. The summed E-state index contributed by atoms with van der Waals surface area (Å²) in [7, 11) is 0. The van der Waals surface area contributed by atoms with Gasteiger partial charge in [-0.15, -0.1) is 0 Å². The predicted molar refractivity (Wildman–Crippen MR) is 89.9 cm³/mol. The minimum absolute atomic E-state index is 0.177. The Morgan fingerprint density at radius 1 is 1.38 bits per heavy atom. The van der Waals surface area contributed by atoms with E-state index in [0.29, 0.717) is 12.5 Å². The highest BCUT2D eigenvalue weighted by Crippen LogP contribution is 2.28. The van der Waals surface area contributed by atoms with Crippen molar-refractivity contribution in [3.05, 3.63) is 28.2 Å². The summed E-state index contributed by atoms with van der Waals surface area (Å²) < 4.78 is 6.54. The van der Waals surface area contributed by atoms with E-state index in [-0.39, 0.29) is 6.10 Å². The Labute approximate surface area is 136 Å². The Morgan fingerprint density at radius 3 is 2.86 bits per heavy atom. The topological polar surface area (TPSA) is 32.7 Å². The van der Waals surface area contributed by atoms with Crippen LogP contribution in [0.3, 0.4) is 0 Å². The lowest BCUT2D eigenvalue weighted by Crippen LogP contribution is -2.44. The van der Waals surface area contributed by atoms with Gasteiger partial charge in [-0.25, -0.2) is 0 Å². The van der Waals surface area contributed by atoms with Crippen LogP contribution in [0.25, 0.3) is 0 Å². The van der Waals surface area contributed by atoms with Crippen molar-refractivity contribution in [2.45, 2.75) is 39.2 Å². The van der Waals surface area contributed by atoms with E-state index in [2.05, 4.69) is 39.9 Å². The van der Waals surface area contributed by atoms with Crippen LogP contribution in [-0.2, 0) is 6.42 Å². The summed E-state index contributed by atoms with van der Waals surface area (Å²) in [6, 6.07) is 6.25. The molecule has 3 nitrogen and oxygen atoms in total. The molecule has 2 atom stereocenters. The molecule has 0 bridgehead atoms. The van der Waals surface area contributed by atoms with Gasteiger partial charge >= 0.3 is 0 Å². The third-order valence-corrected chi connectivity index (χ3v) is 4.73. The maximum atomic E-state index is 10.3. The summed E-state index contributed by atoms with van der Waals surface area (Å²) in [6.45, 7) is 8.03. The van der Waals surface area contributed by atoms with Gasteiger partial charge in [0.1, 0.15) is 5.75 Å². The Balaban J connectivity index is 2.00. The average Bonchev–Trinajstić information content (AvgIpc) is 2.46. The minimum Gasteiger partial charge on any atom is -0.493 e. The first kappa shape index (κ1) is 16.8. The molecule has 118 valence electrons. The van der Waals surface area contributed by atoms with Gasteiger partial charge in [0.2, 0.25) is 0 Å². The highest BCUT2D eigenvalue weighted by molar-refractivity contribution is 9.10. The summed E-state index contributed by atoms with van der Waals surface area (Å²) >= 11 is 3.57. The monoisotopic (exact) mass is 355 g/mol. The quantitative estimate of drug-likeness (QED) is 0.847. The molecule has 0 saturated carbocycles. The first-order chi connectivity index (χ1) is 10.1.